The van der Waals surface area contributed by atoms with E-state index in [1.165, 1.54) is 0 Å². The van der Waals surface area contributed by atoms with Crippen LogP contribution in [0.5, 0.6) is 0 Å². The van der Waals surface area contributed by atoms with Crippen LogP contribution in [0.2, 0.25) is 0 Å². The van der Waals surface area contributed by atoms with Crippen LogP contribution in [0.25, 0.3) is 0 Å². The number of hydrogen-bond acceptors (Lipinski definition) is 3. The molecule has 0 aliphatic carbocycles. The van der Waals surface area contributed by atoms with Crippen molar-refractivity contribution in [1.82, 2.24) is 0 Å². The van der Waals surface area contributed by atoms with Gasteiger partial charge in [-0.15, -0.1) is 0 Å². The smallest absolute Gasteiger partial charge is 0.0468 e. The van der Waals surface area contributed by atoms with Gasteiger partial charge in [0, 0.05) is 13.2 Å². The summed E-state index contributed by atoms with van der Waals surface area (Å²) in [5, 5.41) is 17.1. The normalized spacial score (nSPS) is 13.7. The van der Waals surface area contributed by atoms with E-state index >= 15 is 0 Å². The average Bonchev–Trinajstić information content (AvgIpc) is 1.88. The lowest BCUT2D eigenvalue weighted by Crippen LogP contribution is -2.10. The molecule has 0 radical (unpaired) electrons. The van der Waals surface area contributed by atoms with Crippen LogP contribution in [0, 0.1) is 5.92 Å². The monoisotopic (exact) mass is 150 g/mol. The minimum atomic E-state index is 0.186. The van der Waals surface area contributed by atoms with Gasteiger partial charge in [-0.3, -0.25) is 0 Å². The lowest BCUT2D eigenvalue weighted by atomic mass is 10.1. The van der Waals surface area contributed by atoms with Crippen LogP contribution >= 0.6 is 11.8 Å². The van der Waals surface area contributed by atoms with E-state index in [2.05, 4.69) is 0 Å². The number of aliphatic hydroxyl groups excluding tert-OH is 2. The summed E-state index contributed by atoms with van der Waals surface area (Å²) in [6, 6.07) is 0. The maximum absolute atomic E-state index is 8.66. The molecule has 0 saturated carbocycles. The molecule has 0 bridgehead atoms. The molecule has 0 spiro atoms. The van der Waals surface area contributed by atoms with E-state index in [9.17, 15) is 0 Å². The van der Waals surface area contributed by atoms with Crippen LogP contribution in [0.15, 0.2) is 0 Å². The van der Waals surface area contributed by atoms with Gasteiger partial charge >= 0.3 is 0 Å². The summed E-state index contributed by atoms with van der Waals surface area (Å²) in [7, 11) is 0. The lowest BCUT2D eigenvalue weighted by molar-refractivity contribution is 0.196. The van der Waals surface area contributed by atoms with Gasteiger partial charge in [-0.25, -0.2) is 0 Å². The highest BCUT2D eigenvalue weighted by molar-refractivity contribution is 7.98. The first kappa shape index (κ1) is 9.27. The first-order valence-electron chi connectivity index (χ1n) is 3.05. The highest BCUT2D eigenvalue weighted by Gasteiger charge is 2.03. The van der Waals surface area contributed by atoms with Crippen LogP contribution in [-0.4, -0.2) is 35.4 Å². The topological polar surface area (TPSA) is 40.5 Å². The zero-order chi connectivity index (χ0) is 7.11. The van der Waals surface area contributed by atoms with Gasteiger partial charge in [0.05, 0.1) is 0 Å². The van der Waals surface area contributed by atoms with E-state index in [0.717, 1.165) is 12.2 Å². The largest absolute Gasteiger partial charge is 0.396 e. The van der Waals surface area contributed by atoms with Gasteiger partial charge in [-0.2, -0.15) is 11.8 Å². The number of hydrogen-bond donors (Lipinski definition) is 2. The van der Waals surface area contributed by atoms with Crippen molar-refractivity contribution in [2.24, 2.45) is 5.92 Å². The SMILES string of the molecule is CSCC(CO)CCO. The second kappa shape index (κ2) is 6.39. The fourth-order valence-electron chi connectivity index (χ4n) is 0.646. The van der Waals surface area contributed by atoms with Crippen molar-refractivity contribution in [3.05, 3.63) is 0 Å². The molecule has 0 heterocycles. The fraction of sp³-hybridized carbons (Fsp3) is 1.00. The second-order valence-corrected chi connectivity index (χ2v) is 2.93. The Labute approximate surface area is 60.3 Å². The molecule has 0 amide bonds. The Bertz CT molecular complexity index is 53.0. The van der Waals surface area contributed by atoms with Gasteiger partial charge in [0.15, 0.2) is 0 Å². The van der Waals surface area contributed by atoms with Gasteiger partial charge in [-0.1, -0.05) is 0 Å². The van der Waals surface area contributed by atoms with Crippen LogP contribution < -0.4 is 0 Å². The predicted molar refractivity (Wildman–Crippen MR) is 40.7 cm³/mol. The highest BCUT2D eigenvalue weighted by Crippen LogP contribution is 2.07. The molecule has 0 aliphatic rings. The van der Waals surface area contributed by atoms with Crippen LogP contribution in [0.1, 0.15) is 6.42 Å². The van der Waals surface area contributed by atoms with Gasteiger partial charge in [-0.05, 0) is 24.3 Å². The Morgan fingerprint density at radius 3 is 2.44 bits per heavy atom. The van der Waals surface area contributed by atoms with Crippen molar-refractivity contribution in [2.75, 3.05) is 25.2 Å². The minimum Gasteiger partial charge on any atom is -0.396 e. The number of aliphatic hydroxyl groups is 2. The van der Waals surface area contributed by atoms with Crippen molar-refractivity contribution in [3.8, 4) is 0 Å². The minimum absolute atomic E-state index is 0.186. The molecule has 56 valence electrons. The molecule has 1 unspecified atom stereocenters. The summed E-state index contributed by atoms with van der Waals surface area (Å²) < 4.78 is 0. The van der Waals surface area contributed by atoms with Crippen molar-refractivity contribution in [2.45, 2.75) is 6.42 Å². The first-order valence-corrected chi connectivity index (χ1v) is 4.45. The molecule has 0 aromatic rings. The third kappa shape index (κ3) is 4.75. The van der Waals surface area contributed by atoms with E-state index in [4.69, 9.17) is 10.2 Å². The van der Waals surface area contributed by atoms with E-state index in [1.54, 1.807) is 11.8 Å². The molecule has 0 saturated heterocycles. The zero-order valence-corrected chi connectivity index (χ0v) is 6.52. The summed E-state index contributed by atoms with van der Waals surface area (Å²) in [6.07, 6.45) is 2.72. The second-order valence-electron chi connectivity index (χ2n) is 2.02. The van der Waals surface area contributed by atoms with Gasteiger partial charge < -0.3 is 10.2 Å². The standard InChI is InChI=1S/C6H14O2S/c1-9-5-6(4-8)2-3-7/h6-8H,2-5H2,1H3. The zero-order valence-electron chi connectivity index (χ0n) is 5.71. The quantitative estimate of drug-likeness (QED) is 0.594. The van der Waals surface area contributed by atoms with Gasteiger partial charge in [0.2, 0.25) is 0 Å². The molecule has 0 rings (SSSR count). The molecule has 0 aliphatic heterocycles. The van der Waals surface area contributed by atoms with Crippen LogP contribution in [0.3, 0.4) is 0 Å². The Morgan fingerprint density at radius 2 is 2.11 bits per heavy atom. The number of thioether (sulfide) groups is 1. The van der Waals surface area contributed by atoms with Crippen molar-refractivity contribution in [1.29, 1.82) is 0 Å². The fourth-order valence-corrected chi connectivity index (χ4v) is 1.39. The molecule has 0 fully saturated rings. The van der Waals surface area contributed by atoms with E-state index < -0.39 is 0 Å². The predicted octanol–water partition coefficient (Wildman–Crippen LogP) is 0.340. The summed E-state index contributed by atoms with van der Waals surface area (Å²) in [5.41, 5.74) is 0. The molecule has 0 aromatic carbocycles. The van der Waals surface area contributed by atoms with E-state index in [1.807, 2.05) is 6.26 Å². The Kier molecular flexibility index (Phi) is 6.58. The molecule has 3 heteroatoms. The summed E-state index contributed by atoms with van der Waals surface area (Å²) >= 11 is 1.70. The summed E-state index contributed by atoms with van der Waals surface area (Å²) in [5.74, 6) is 1.22. The van der Waals surface area contributed by atoms with E-state index in [0.29, 0.717) is 0 Å². The average molecular weight is 150 g/mol. The van der Waals surface area contributed by atoms with Crippen molar-refractivity contribution in [3.63, 3.8) is 0 Å². The first-order chi connectivity index (χ1) is 4.35. The molecule has 1 atom stereocenters. The number of rotatable bonds is 5. The Morgan fingerprint density at radius 1 is 1.44 bits per heavy atom. The van der Waals surface area contributed by atoms with Gasteiger partial charge in [0.25, 0.3) is 0 Å². The van der Waals surface area contributed by atoms with Gasteiger partial charge in [0.1, 0.15) is 0 Å². The summed E-state index contributed by atoms with van der Waals surface area (Å²) in [6.45, 7) is 0.382. The van der Waals surface area contributed by atoms with E-state index in [-0.39, 0.29) is 19.1 Å². The van der Waals surface area contributed by atoms with Crippen LogP contribution in [-0.2, 0) is 0 Å². The third-order valence-electron chi connectivity index (χ3n) is 1.20. The van der Waals surface area contributed by atoms with Crippen molar-refractivity contribution >= 4 is 11.8 Å². The lowest BCUT2D eigenvalue weighted by Gasteiger charge is -2.08. The maximum atomic E-state index is 8.66. The van der Waals surface area contributed by atoms with Crippen LogP contribution in [0.4, 0.5) is 0 Å². The summed E-state index contributed by atoms with van der Waals surface area (Å²) in [4.78, 5) is 0. The molecular weight excluding hydrogens is 136 g/mol. The third-order valence-corrected chi connectivity index (χ3v) is 2.00. The molecule has 2 nitrogen and oxygen atoms in total. The molecule has 9 heavy (non-hydrogen) atoms. The maximum Gasteiger partial charge on any atom is 0.0468 e. The molecule has 0 aromatic heterocycles. The highest BCUT2D eigenvalue weighted by atomic mass is 32.2. The van der Waals surface area contributed by atoms with Crippen molar-refractivity contribution < 1.29 is 10.2 Å². The Hall–Kier alpha value is 0.270. The Balaban J connectivity index is 3.18. The molecule has 2 N–H and O–H groups in total. The molecular formula is C6H14O2S.